The summed E-state index contributed by atoms with van der Waals surface area (Å²) in [5.74, 6) is -0.178. The Balaban J connectivity index is 2.12. The number of thiophene rings is 1. The van der Waals surface area contributed by atoms with Gasteiger partial charge in [0, 0.05) is 10.6 Å². The highest BCUT2D eigenvalue weighted by Gasteiger charge is 2.08. The third kappa shape index (κ3) is 2.99. The third-order valence-corrected chi connectivity index (χ3v) is 3.98. The van der Waals surface area contributed by atoms with Gasteiger partial charge in [0.2, 0.25) is 0 Å². The summed E-state index contributed by atoms with van der Waals surface area (Å²) >= 11 is 7.45. The van der Waals surface area contributed by atoms with Crippen LogP contribution in [0.5, 0.6) is 0 Å². The molecule has 17 heavy (non-hydrogen) atoms. The van der Waals surface area contributed by atoms with Gasteiger partial charge in [-0.3, -0.25) is 0 Å². The molecule has 2 rings (SSSR count). The predicted molar refractivity (Wildman–Crippen MR) is 72.5 cm³/mol. The molecule has 1 unspecified atom stereocenters. The zero-order chi connectivity index (χ0) is 12.4. The van der Waals surface area contributed by atoms with Gasteiger partial charge in [-0.25, -0.2) is 4.39 Å². The summed E-state index contributed by atoms with van der Waals surface area (Å²) in [6, 6.07) is 9.08. The number of rotatable bonds is 3. The van der Waals surface area contributed by atoms with Crippen molar-refractivity contribution in [2.75, 3.05) is 5.32 Å². The van der Waals surface area contributed by atoms with Crippen LogP contribution in [0.4, 0.5) is 10.1 Å². The maximum absolute atomic E-state index is 13.1. The first-order valence-electron chi connectivity index (χ1n) is 5.34. The van der Waals surface area contributed by atoms with E-state index in [1.165, 1.54) is 6.07 Å². The zero-order valence-electron chi connectivity index (χ0n) is 9.63. The Morgan fingerprint density at radius 2 is 2.06 bits per heavy atom. The molecule has 0 aliphatic rings. The molecule has 1 nitrogen and oxygen atoms in total. The van der Waals surface area contributed by atoms with Gasteiger partial charge in [-0.2, -0.15) is 0 Å². The smallest absolute Gasteiger partial charge is 0.126 e. The zero-order valence-corrected chi connectivity index (χ0v) is 11.2. The highest BCUT2D eigenvalue weighted by molar-refractivity contribution is 7.16. The number of hydrogen-bond donors (Lipinski definition) is 1. The Morgan fingerprint density at radius 1 is 1.29 bits per heavy atom. The first kappa shape index (κ1) is 12.4. The summed E-state index contributed by atoms with van der Waals surface area (Å²) in [6.07, 6.45) is 0. The minimum absolute atomic E-state index is 0.164. The standard InChI is InChI=1S/C13H13ClFNS/c1-8-7-10(3-4-11(8)15)16-9(2)12-5-6-13(14)17-12/h3-7,9,16H,1-2H3. The largest absolute Gasteiger partial charge is 0.378 e. The second-order valence-electron chi connectivity index (χ2n) is 3.97. The molecule has 0 aliphatic heterocycles. The van der Waals surface area contributed by atoms with Crippen LogP contribution in [-0.4, -0.2) is 0 Å². The summed E-state index contributed by atoms with van der Waals surface area (Å²) in [5.41, 5.74) is 1.56. The average molecular weight is 270 g/mol. The van der Waals surface area contributed by atoms with E-state index < -0.39 is 0 Å². The molecule has 0 saturated carbocycles. The monoisotopic (exact) mass is 269 g/mol. The summed E-state index contributed by atoms with van der Waals surface area (Å²) in [5, 5.41) is 3.32. The van der Waals surface area contributed by atoms with E-state index in [4.69, 9.17) is 11.6 Å². The fourth-order valence-electron chi connectivity index (χ4n) is 1.62. The lowest BCUT2D eigenvalue weighted by Gasteiger charge is -2.14. The van der Waals surface area contributed by atoms with Crippen molar-refractivity contribution in [3.63, 3.8) is 0 Å². The molecule has 4 heteroatoms. The van der Waals surface area contributed by atoms with E-state index in [1.54, 1.807) is 30.4 Å². The molecule has 1 aromatic heterocycles. The Hall–Kier alpha value is -1.06. The molecule has 0 saturated heterocycles. The summed E-state index contributed by atoms with van der Waals surface area (Å²) in [7, 11) is 0. The SMILES string of the molecule is Cc1cc(NC(C)c2ccc(Cl)s2)ccc1F. The molecular formula is C13H13ClFNS. The van der Waals surface area contributed by atoms with Crippen LogP contribution in [0.25, 0.3) is 0 Å². The molecule has 0 spiro atoms. The highest BCUT2D eigenvalue weighted by Crippen LogP contribution is 2.29. The number of nitrogens with one attached hydrogen (secondary N) is 1. The van der Waals surface area contributed by atoms with Crippen molar-refractivity contribution in [1.82, 2.24) is 0 Å². The van der Waals surface area contributed by atoms with Gasteiger partial charge >= 0.3 is 0 Å². The van der Waals surface area contributed by atoms with Crippen molar-refractivity contribution in [3.8, 4) is 0 Å². The van der Waals surface area contributed by atoms with Gasteiger partial charge in [-0.1, -0.05) is 11.6 Å². The van der Waals surface area contributed by atoms with E-state index in [1.807, 2.05) is 12.1 Å². The Bertz CT molecular complexity index is 524. The molecule has 0 fully saturated rings. The lowest BCUT2D eigenvalue weighted by atomic mass is 10.2. The fourth-order valence-corrected chi connectivity index (χ4v) is 2.68. The van der Waals surface area contributed by atoms with Gasteiger partial charge in [0.15, 0.2) is 0 Å². The van der Waals surface area contributed by atoms with Crippen LogP contribution in [0.3, 0.4) is 0 Å². The Labute approximate surface area is 109 Å². The average Bonchev–Trinajstić information content (AvgIpc) is 2.70. The Morgan fingerprint density at radius 3 is 2.65 bits per heavy atom. The molecule has 0 radical (unpaired) electrons. The fraction of sp³-hybridized carbons (Fsp3) is 0.231. The molecule has 1 aromatic carbocycles. The van der Waals surface area contributed by atoms with Crippen LogP contribution in [0.15, 0.2) is 30.3 Å². The van der Waals surface area contributed by atoms with Gasteiger partial charge in [0.25, 0.3) is 0 Å². The molecule has 0 bridgehead atoms. The van der Waals surface area contributed by atoms with Crippen molar-refractivity contribution < 1.29 is 4.39 Å². The quantitative estimate of drug-likeness (QED) is 0.825. The van der Waals surface area contributed by atoms with E-state index in [9.17, 15) is 4.39 Å². The van der Waals surface area contributed by atoms with Crippen molar-refractivity contribution >= 4 is 28.6 Å². The number of aryl methyl sites for hydroxylation is 1. The lowest BCUT2D eigenvalue weighted by Crippen LogP contribution is -2.05. The molecule has 0 aliphatic carbocycles. The maximum atomic E-state index is 13.1. The normalized spacial score (nSPS) is 12.5. The topological polar surface area (TPSA) is 12.0 Å². The minimum atomic E-state index is -0.178. The van der Waals surface area contributed by atoms with E-state index >= 15 is 0 Å². The van der Waals surface area contributed by atoms with Crippen LogP contribution in [0, 0.1) is 12.7 Å². The molecule has 1 N–H and O–H groups in total. The first-order chi connectivity index (χ1) is 8.06. The highest BCUT2D eigenvalue weighted by atomic mass is 35.5. The van der Waals surface area contributed by atoms with Gasteiger partial charge in [0.1, 0.15) is 5.82 Å². The summed E-state index contributed by atoms with van der Waals surface area (Å²) in [4.78, 5) is 1.16. The van der Waals surface area contributed by atoms with E-state index in [-0.39, 0.29) is 11.9 Å². The maximum Gasteiger partial charge on any atom is 0.126 e. The van der Waals surface area contributed by atoms with Gasteiger partial charge in [-0.15, -0.1) is 11.3 Å². The lowest BCUT2D eigenvalue weighted by molar-refractivity contribution is 0.618. The number of halogens is 2. The third-order valence-electron chi connectivity index (χ3n) is 2.56. The van der Waals surface area contributed by atoms with E-state index in [0.717, 1.165) is 14.9 Å². The first-order valence-corrected chi connectivity index (χ1v) is 6.53. The molecule has 90 valence electrons. The summed E-state index contributed by atoms with van der Waals surface area (Å²) < 4.78 is 13.9. The van der Waals surface area contributed by atoms with Gasteiger partial charge < -0.3 is 5.32 Å². The second-order valence-corrected chi connectivity index (χ2v) is 5.72. The van der Waals surface area contributed by atoms with E-state index in [2.05, 4.69) is 12.2 Å². The van der Waals surface area contributed by atoms with Crippen molar-refractivity contribution in [3.05, 3.63) is 50.9 Å². The van der Waals surface area contributed by atoms with Crippen molar-refractivity contribution in [2.45, 2.75) is 19.9 Å². The molecule has 2 aromatic rings. The van der Waals surface area contributed by atoms with Crippen LogP contribution < -0.4 is 5.32 Å². The molecule has 1 atom stereocenters. The molecule has 1 heterocycles. The predicted octanol–water partition coefficient (Wildman–Crippen LogP) is 5.02. The number of anilines is 1. The number of hydrogen-bond acceptors (Lipinski definition) is 2. The van der Waals surface area contributed by atoms with Crippen LogP contribution in [0.2, 0.25) is 4.34 Å². The number of benzene rings is 1. The molecular weight excluding hydrogens is 257 g/mol. The molecule has 0 amide bonds. The van der Waals surface area contributed by atoms with Gasteiger partial charge in [0.05, 0.1) is 10.4 Å². The van der Waals surface area contributed by atoms with Crippen molar-refractivity contribution in [1.29, 1.82) is 0 Å². The Kier molecular flexibility index (Phi) is 3.69. The second kappa shape index (κ2) is 5.07. The van der Waals surface area contributed by atoms with Crippen LogP contribution >= 0.6 is 22.9 Å². The minimum Gasteiger partial charge on any atom is -0.378 e. The summed E-state index contributed by atoms with van der Waals surface area (Å²) in [6.45, 7) is 3.81. The van der Waals surface area contributed by atoms with E-state index in [0.29, 0.717) is 5.56 Å². The van der Waals surface area contributed by atoms with Crippen LogP contribution in [0.1, 0.15) is 23.4 Å². The van der Waals surface area contributed by atoms with Crippen molar-refractivity contribution in [2.24, 2.45) is 0 Å². The van der Waals surface area contributed by atoms with Crippen LogP contribution in [-0.2, 0) is 0 Å². The van der Waals surface area contributed by atoms with Gasteiger partial charge in [-0.05, 0) is 49.7 Å².